The van der Waals surface area contributed by atoms with Crippen molar-refractivity contribution in [3.8, 4) is 0 Å². The summed E-state index contributed by atoms with van der Waals surface area (Å²) in [5, 5.41) is 3.38. The molecule has 0 unspecified atom stereocenters. The number of carbonyl (C=O) groups is 1. The van der Waals surface area contributed by atoms with E-state index in [4.69, 9.17) is 14.5 Å². The number of carbonyl (C=O) groups excluding carboxylic acids is 1. The van der Waals surface area contributed by atoms with Gasteiger partial charge in [-0.1, -0.05) is 6.07 Å². The van der Waals surface area contributed by atoms with Crippen molar-refractivity contribution < 1.29 is 14.3 Å². The van der Waals surface area contributed by atoms with E-state index in [0.29, 0.717) is 26.2 Å². The summed E-state index contributed by atoms with van der Waals surface area (Å²) in [5.41, 5.74) is 1.11. The second kappa shape index (κ2) is 10.8. The van der Waals surface area contributed by atoms with Gasteiger partial charge in [0.15, 0.2) is 5.96 Å². The second-order valence-electron chi connectivity index (χ2n) is 6.93. The first-order valence-electron chi connectivity index (χ1n) is 10.4. The van der Waals surface area contributed by atoms with Crippen molar-refractivity contribution in [3.05, 3.63) is 23.9 Å². The molecule has 1 aromatic heterocycles. The number of morpholine rings is 1. The lowest BCUT2D eigenvalue weighted by molar-refractivity contribution is 0.0914. The summed E-state index contributed by atoms with van der Waals surface area (Å²) in [6.07, 6.45) is 1.59. The molecule has 3 rings (SSSR count). The molecule has 2 fully saturated rings. The Morgan fingerprint density at radius 3 is 2.59 bits per heavy atom. The highest BCUT2D eigenvalue weighted by molar-refractivity contribution is 5.80. The first-order chi connectivity index (χ1) is 14.2. The third-order valence-corrected chi connectivity index (χ3v) is 5.02. The monoisotopic (exact) mass is 404 g/mol. The minimum atomic E-state index is -0.236. The van der Waals surface area contributed by atoms with Gasteiger partial charge >= 0.3 is 6.09 Å². The number of aliphatic imine (C=N–C) groups is 1. The van der Waals surface area contributed by atoms with Crippen LogP contribution in [0.3, 0.4) is 0 Å². The Morgan fingerprint density at radius 2 is 1.90 bits per heavy atom. The molecule has 2 aliphatic rings. The summed E-state index contributed by atoms with van der Waals surface area (Å²) in [6.45, 7) is 11.5. The van der Waals surface area contributed by atoms with E-state index in [0.717, 1.165) is 63.3 Å². The highest BCUT2D eigenvalue weighted by atomic mass is 16.6. The highest BCUT2D eigenvalue weighted by Gasteiger charge is 2.24. The van der Waals surface area contributed by atoms with Crippen molar-refractivity contribution >= 4 is 17.9 Å². The van der Waals surface area contributed by atoms with E-state index in [1.807, 2.05) is 19.2 Å². The average Bonchev–Trinajstić information content (AvgIpc) is 2.78. The van der Waals surface area contributed by atoms with Gasteiger partial charge in [0.2, 0.25) is 0 Å². The zero-order chi connectivity index (χ0) is 20.5. The SMILES string of the molecule is CCNC(=NCc1cccnc1N1CCOCC1)N1CCN(C(=O)OCC)CC1. The number of nitrogens with zero attached hydrogens (tertiary/aromatic N) is 5. The fraction of sp³-hybridized carbons (Fsp3) is 0.650. The van der Waals surface area contributed by atoms with Gasteiger partial charge in [-0.3, -0.25) is 0 Å². The Labute approximate surface area is 172 Å². The number of ether oxygens (including phenoxy) is 2. The average molecular weight is 405 g/mol. The predicted molar refractivity (Wildman–Crippen MR) is 112 cm³/mol. The summed E-state index contributed by atoms with van der Waals surface area (Å²) in [5.74, 6) is 1.86. The topological polar surface area (TPSA) is 82.5 Å². The van der Waals surface area contributed by atoms with Crippen molar-refractivity contribution in [2.75, 3.05) is 70.5 Å². The zero-order valence-corrected chi connectivity index (χ0v) is 17.5. The van der Waals surface area contributed by atoms with Crippen molar-refractivity contribution in [1.82, 2.24) is 20.1 Å². The van der Waals surface area contributed by atoms with Crippen LogP contribution in [0.1, 0.15) is 19.4 Å². The highest BCUT2D eigenvalue weighted by Crippen LogP contribution is 2.19. The molecular weight excluding hydrogens is 372 g/mol. The van der Waals surface area contributed by atoms with Gasteiger partial charge in [0.05, 0.1) is 26.4 Å². The molecule has 1 aromatic rings. The van der Waals surface area contributed by atoms with Crippen molar-refractivity contribution in [2.45, 2.75) is 20.4 Å². The number of aromatic nitrogens is 1. The van der Waals surface area contributed by atoms with Crippen LogP contribution in [0.15, 0.2) is 23.3 Å². The number of hydrogen-bond donors (Lipinski definition) is 1. The summed E-state index contributed by atoms with van der Waals surface area (Å²) >= 11 is 0. The van der Waals surface area contributed by atoms with Crippen molar-refractivity contribution in [1.29, 1.82) is 0 Å². The first kappa shape index (κ1) is 21.2. The van der Waals surface area contributed by atoms with Crippen LogP contribution in [0.25, 0.3) is 0 Å². The minimum Gasteiger partial charge on any atom is -0.450 e. The van der Waals surface area contributed by atoms with Gasteiger partial charge in [-0.2, -0.15) is 0 Å². The molecule has 0 aromatic carbocycles. The molecule has 2 aliphatic heterocycles. The molecule has 0 atom stereocenters. The molecule has 9 nitrogen and oxygen atoms in total. The maximum Gasteiger partial charge on any atom is 0.409 e. The molecule has 9 heteroatoms. The number of guanidine groups is 1. The summed E-state index contributed by atoms with van der Waals surface area (Å²) in [6, 6.07) is 4.05. The molecule has 29 heavy (non-hydrogen) atoms. The summed E-state index contributed by atoms with van der Waals surface area (Å²) in [4.78, 5) is 27.6. The quantitative estimate of drug-likeness (QED) is 0.582. The number of piperazine rings is 1. The van der Waals surface area contributed by atoms with Crippen LogP contribution < -0.4 is 10.2 Å². The first-order valence-corrected chi connectivity index (χ1v) is 10.4. The maximum absolute atomic E-state index is 11.9. The van der Waals surface area contributed by atoms with Crippen LogP contribution in [0, 0.1) is 0 Å². The molecule has 160 valence electrons. The van der Waals surface area contributed by atoms with Crippen LogP contribution in [0.4, 0.5) is 10.6 Å². The number of amides is 1. The number of pyridine rings is 1. The van der Waals surface area contributed by atoms with Crippen LogP contribution in [-0.2, 0) is 16.0 Å². The Bertz CT molecular complexity index is 685. The molecule has 2 saturated heterocycles. The summed E-state index contributed by atoms with van der Waals surface area (Å²) in [7, 11) is 0. The lowest BCUT2D eigenvalue weighted by Gasteiger charge is -2.36. The van der Waals surface area contributed by atoms with Crippen molar-refractivity contribution in [3.63, 3.8) is 0 Å². The van der Waals surface area contributed by atoms with Gasteiger partial charge in [0, 0.05) is 57.6 Å². The Hall–Kier alpha value is -2.55. The third kappa shape index (κ3) is 5.72. The molecule has 0 radical (unpaired) electrons. The number of rotatable bonds is 5. The van der Waals surface area contributed by atoms with Crippen LogP contribution in [0.5, 0.6) is 0 Å². The molecule has 3 heterocycles. The third-order valence-electron chi connectivity index (χ3n) is 5.02. The van der Waals surface area contributed by atoms with E-state index in [9.17, 15) is 4.79 Å². The van der Waals surface area contributed by atoms with Crippen LogP contribution in [0.2, 0.25) is 0 Å². The largest absolute Gasteiger partial charge is 0.450 e. The normalized spacial score (nSPS) is 18.0. The van der Waals surface area contributed by atoms with Crippen LogP contribution in [-0.4, -0.2) is 92.5 Å². The molecule has 1 N–H and O–H groups in total. The molecule has 0 saturated carbocycles. The van der Waals surface area contributed by atoms with E-state index in [1.54, 1.807) is 4.90 Å². The van der Waals surface area contributed by atoms with E-state index < -0.39 is 0 Å². The molecule has 1 amide bonds. The predicted octanol–water partition coefficient (Wildman–Crippen LogP) is 1.16. The lowest BCUT2D eigenvalue weighted by Crippen LogP contribution is -2.53. The Balaban J connectivity index is 1.65. The van der Waals surface area contributed by atoms with Gasteiger partial charge in [-0.15, -0.1) is 0 Å². The lowest BCUT2D eigenvalue weighted by atomic mass is 10.2. The molecule has 0 bridgehead atoms. The van der Waals surface area contributed by atoms with E-state index in [-0.39, 0.29) is 6.09 Å². The second-order valence-corrected chi connectivity index (χ2v) is 6.93. The van der Waals surface area contributed by atoms with Gasteiger partial charge in [0.25, 0.3) is 0 Å². The molecular formula is C20H32N6O3. The summed E-state index contributed by atoms with van der Waals surface area (Å²) < 4.78 is 10.6. The van der Waals surface area contributed by atoms with E-state index >= 15 is 0 Å². The Kier molecular flexibility index (Phi) is 7.92. The van der Waals surface area contributed by atoms with Gasteiger partial charge in [0.1, 0.15) is 5.82 Å². The Morgan fingerprint density at radius 1 is 1.17 bits per heavy atom. The molecule has 0 spiro atoms. The number of nitrogens with one attached hydrogen (secondary N) is 1. The van der Waals surface area contributed by atoms with E-state index in [1.165, 1.54) is 0 Å². The van der Waals surface area contributed by atoms with Crippen molar-refractivity contribution in [2.24, 2.45) is 4.99 Å². The zero-order valence-electron chi connectivity index (χ0n) is 17.5. The van der Waals surface area contributed by atoms with E-state index in [2.05, 4.69) is 33.1 Å². The van der Waals surface area contributed by atoms with Gasteiger partial charge < -0.3 is 29.5 Å². The molecule has 0 aliphatic carbocycles. The smallest absolute Gasteiger partial charge is 0.409 e. The fourth-order valence-corrected chi connectivity index (χ4v) is 3.52. The van der Waals surface area contributed by atoms with Gasteiger partial charge in [-0.25, -0.2) is 14.8 Å². The number of anilines is 1. The number of hydrogen-bond acceptors (Lipinski definition) is 6. The maximum atomic E-state index is 11.9. The fourth-order valence-electron chi connectivity index (χ4n) is 3.52. The standard InChI is InChI=1S/C20H32N6O3/c1-3-21-19(25-8-10-26(11-9-25)20(27)29-4-2)23-16-17-6-5-7-22-18(17)24-12-14-28-15-13-24/h5-7H,3-4,8-16H2,1-2H3,(H,21,23). The van der Waals surface area contributed by atoms with Gasteiger partial charge in [-0.05, 0) is 19.9 Å². The minimum absolute atomic E-state index is 0.236. The van der Waals surface area contributed by atoms with Crippen LogP contribution >= 0.6 is 0 Å².